The fourth-order valence-electron chi connectivity index (χ4n) is 2.23. The number of rotatable bonds is 4. The van der Waals surface area contributed by atoms with Gasteiger partial charge in [0.05, 0.1) is 26.4 Å². The second-order valence-electron chi connectivity index (χ2n) is 4.87. The molecule has 1 aliphatic heterocycles. The van der Waals surface area contributed by atoms with Crippen molar-refractivity contribution in [3.8, 4) is 5.75 Å². The zero-order chi connectivity index (χ0) is 15.4. The molecule has 2 atom stereocenters. The maximum atomic E-state index is 11.9. The van der Waals surface area contributed by atoms with Gasteiger partial charge in [0.1, 0.15) is 11.7 Å². The average Bonchev–Trinajstić information content (AvgIpc) is 2.87. The van der Waals surface area contributed by atoms with Gasteiger partial charge in [-0.25, -0.2) is 4.79 Å². The van der Waals surface area contributed by atoms with Crippen molar-refractivity contribution in [3.63, 3.8) is 0 Å². The van der Waals surface area contributed by atoms with E-state index < -0.39 is 24.0 Å². The van der Waals surface area contributed by atoms with Crippen LogP contribution in [-0.4, -0.2) is 43.5 Å². The lowest BCUT2D eigenvalue weighted by atomic mass is 10.0. The Morgan fingerprint density at radius 1 is 1.38 bits per heavy atom. The molecule has 1 heterocycles. The molecule has 1 fully saturated rings. The Bertz CT molecular complexity index is 546. The molecule has 2 unspecified atom stereocenters. The number of carbonyl (C=O) groups excluding carboxylic acids is 1. The molecule has 0 saturated carbocycles. The third kappa shape index (κ3) is 3.63. The number of methoxy groups -OCH3 is 1. The maximum Gasteiger partial charge on any atom is 0.319 e. The number of carboxylic acids is 1. The van der Waals surface area contributed by atoms with Gasteiger partial charge in [-0.2, -0.15) is 0 Å². The van der Waals surface area contributed by atoms with Gasteiger partial charge in [0.2, 0.25) is 0 Å². The van der Waals surface area contributed by atoms with Gasteiger partial charge in [-0.3, -0.25) is 4.79 Å². The number of carbonyl (C=O) groups is 2. The van der Waals surface area contributed by atoms with Crippen LogP contribution in [0.25, 0.3) is 0 Å². The number of amides is 2. The van der Waals surface area contributed by atoms with E-state index in [1.165, 1.54) is 0 Å². The number of carboxylic acid groups (broad SMARTS) is 1. The summed E-state index contributed by atoms with van der Waals surface area (Å²) in [6, 6.07) is 4.26. The summed E-state index contributed by atoms with van der Waals surface area (Å²) in [6.45, 7) is 2.18. The van der Waals surface area contributed by atoms with Gasteiger partial charge in [-0.15, -0.1) is 0 Å². The summed E-state index contributed by atoms with van der Waals surface area (Å²) in [5.41, 5.74) is 1.50. The van der Waals surface area contributed by atoms with E-state index in [4.69, 9.17) is 14.6 Å². The fourth-order valence-corrected chi connectivity index (χ4v) is 2.23. The second-order valence-corrected chi connectivity index (χ2v) is 4.87. The summed E-state index contributed by atoms with van der Waals surface area (Å²) in [7, 11) is 1.58. The molecule has 0 bridgehead atoms. The van der Waals surface area contributed by atoms with Crippen molar-refractivity contribution in [2.24, 2.45) is 5.92 Å². The lowest BCUT2D eigenvalue weighted by Gasteiger charge is -2.16. The van der Waals surface area contributed by atoms with Crippen molar-refractivity contribution in [2.75, 3.05) is 25.6 Å². The smallest absolute Gasteiger partial charge is 0.319 e. The maximum absolute atomic E-state index is 11.9. The predicted molar refractivity (Wildman–Crippen MR) is 75.6 cm³/mol. The molecule has 0 aromatic heterocycles. The van der Waals surface area contributed by atoms with Gasteiger partial charge >= 0.3 is 12.0 Å². The molecule has 1 aliphatic rings. The Hall–Kier alpha value is -2.28. The van der Waals surface area contributed by atoms with E-state index in [1.807, 2.05) is 6.92 Å². The van der Waals surface area contributed by atoms with Crippen LogP contribution in [0, 0.1) is 12.8 Å². The van der Waals surface area contributed by atoms with Crippen molar-refractivity contribution in [2.45, 2.75) is 13.0 Å². The molecule has 1 aromatic carbocycles. The second kappa shape index (κ2) is 6.45. The van der Waals surface area contributed by atoms with Gasteiger partial charge in [-0.1, -0.05) is 0 Å². The Balaban J connectivity index is 1.95. The van der Waals surface area contributed by atoms with Crippen molar-refractivity contribution in [1.29, 1.82) is 0 Å². The number of benzene rings is 1. The molecular weight excluding hydrogens is 276 g/mol. The first-order valence-corrected chi connectivity index (χ1v) is 6.54. The Kier molecular flexibility index (Phi) is 4.64. The lowest BCUT2D eigenvalue weighted by molar-refractivity contribution is -0.142. The lowest BCUT2D eigenvalue weighted by Crippen LogP contribution is -2.44. The first kappa shape index (κ1) is 15.1. The van der Waals surface area contributed by atoms with Gasteiger partial charge in [0.25, 0.3) is 0 Å². The molecule has 7 heteroatoms. The van der Waals surface area contributed by atoms with E-state index in [9.17, 15) is 9.59 Å². The molecule has 1 saturated heterocycles. The predicted octanol–water partition coefficient (Wildman–Crippen LogP) is 1.22. The molecule has 0 radical (unpaired) electrons. The zero-order valence-corrected chi connectivity index (χ0v) is 11.9. The number of anilines is 1. The number of ether oxygens (including phenoxy) is 2. The van der Waals surface area contributed by atoms with Crippen LogP contribution in [0.1, 0.15) is 5.56 Å². The average molecular weight is 294 g/mol. The molecule has 0 aliphatic carbocycles. The van der Waals surface area contributed by atoms with Gasteiger partial charge in [-0.05, 0) is 30.7 Å². The zero-order valence-electron chi connectivity index (χ0n) is 11.9. The summed E-state index contributed by atoms with van der Waals surface area (Å²) < 4.78 is 10.2. The third-order valence-corrected chi connectivity index (χ3v) is 3.37. The minimum absolute atomic E-state index is 0.113. The highest BCUT2D eigenvalue weighted by molar-refractivity contribution is 5.90. The van der Waals surface area contributed by atoms with Gasteiger partial charge in [0, 0.05) is 5.69 Å². The Morgan fingerprint density at radius 3 is 2.76 bits per heavy atom. The highest BCUT2D eigenvalue weighted by atomic mass is 16.5. The fraction of sp³-hybridized carbons (Fsp3) is 0.429. The van der Waals surface area contributed by atoms with Crippen molar-refractivity contribution >= 4 is 17.7 Å². The summed E-state index contributed by atoms with van der Waals surface area (Å²) in [5, 5.41) is 14.3. The van der Waals surface area contributed by atoms with E-state index >= 15 is 0 Å². The summed E-state index contributed by atoms with van der Waals surface area (Å²) in [5.74, 6) is -0.956. The minimum Gasteiger partial charge on any atom is -0.496 e. The summed E-state index contributed by atoms with van der Waals surface area (Å²) in [4.78, 5) is 22.9. The summed E-state index contributed by atoms with van der Waals surface area (Å²) in [6.07, 6.45) is 0. The molecule has 21 heavy (non-hydrogen) atoms. The van der Waals surface area contributed by atoms with E-state index in [0.29, 0.717) is 5.69 Å². The molecule has 3 N–H and O–H groups in total. The van der Waals surface area contributed by atoms with Crippen molar-refractivity contribution in [3.05, 3.63) is 23.8 Å². The SMILES string of the molecule is COc1ccc(NC(=O)NC2COCC2C(=O)O)cc1C. The van der Waals surface area contributed by atoms with E-state index in [-0.39, 0.29) is 13.2 Å². The number of hydrogen-bond donors (Lipinski definition) is 3. The van der Waals surface area contributed by atoms with Crippen molar-refractivity contribution < 1.29 is 24.2 Å². The molecule has 0 spiro atoms. The van der Waals surface area contributed by atoms with Crippen molar-refractivity contribution in [1.82, 2.24) is 5.32 Å². The molecule has 7 nitrogen and oxygen atoms in total. The van der Waals surface area contributed by atoms with Crippen LogP contribution < -0.4 is 15.4 Å². The molecule has 2 rings (SSSR count). The number of aryl methyl sites for hydroxylation is 1. The van der Waals surface area contributed by atoms with Crippen LogP contribution in [0.15, 0.2) is 18.2 Å². The van der Waals surface area contributed by atoms with E-state index in [1.54, 1.807) is 25.3 Å². The largest absolute Gasteiger partial charge is 0.496 e. The standard InChI is InChI=1S/C14H18N2O5/c1-8-5-9(3-4-12(8)20-2)15-14(19)16-11-7-21-6-10(11)13(17)18/h3-5,10-11H,6-7H2,1-2H3,(H,17,18)(H2,15,16,19). The van der Waals surface area contributed by atoms with E-state index in [0.717, 1.165) is 11.3 Å². The third-order valence-electron chi connectivity index (χ3n) is 3.37. The van der Waals surface area contributed by atoms with Crippen LogP contribution >= 0.6 is 0 Å². The monoisotopic (exact) mass is 294 g/mol. The Morgan fingerprint density at radius 2 is 2.14 bits per heavy atom. The van der Waals surface area contributed by atoms with Crippen LogP contribution in [0.2, 0.25) is 0 Å². The Labute approximate surface area is 122 Å². The topological polar surface area (TPSA) is 96.9 Å². The van der Waals surface area contributed by atoms with Gasteiger partial charge in [0.15, 0.2) is 0 Å². The highest BCUT2D eigenvalue weighted by Gasteiger charge is 2.35. The first-order chi connectivity index (χ1) is 10.0. The molecule has 114 valence electrons. The number of aliphatic carboxylic acids is 1. The van der Waals surface area contributed by atoms with Gasteiger partial charge < -0.3 is 25.2 Å². The van der Waals surface area contributed by atoms with E-state index in [2.05, 4.69) is 10.6 Å². The van der Waals surface area contributed by atoms with Crippen LogP contribution in [0.4, 0.5) is 10.5 Å². The highest BCUT2D eigenvalue weighted by Crippen LogP contribution is 2.21. The van der Waals surface area contributed by atoms with Crippen LogP contribution in [0.3, 0.4) is 0 Å². The molecule has 1 aromatic rings. The summed E-state index contributed by atoms with van der Waals surface area (Å²) >= 11 is 0. The number of nitrogens with one attached hydrogen (secondary N) is 2. The quantitative estimate of drug-likeness (QED) is 0.776. The first-order valence-electron chi connectivity index (χ1n) is 6.54. The number of urea groups is 1. The molecule has 2 amide bonds. The minimum atomic E-state index is -0.974. The normalized spacial score (nSPS) is 20.9. The number of hydrogen-bond acceptors (Lipinski definition) is 4. The molecular formula is C14H18N2O5. The van der Waals surface area contributed by atoms with Crippen LogP contribution in [0.5, 0.6) is 5.75 Å². The van der Waals surface area contributed by atoms with Crippen LogP contribution in [-0.2, 0) is 9.53 Å².